The molecule has 94 valence electrons. The maximum atomic E-state index is 9.28. The third-order valence-electron chi connectivity index (χ3n) is 3.18. The Morgan fingerprint density at radius 3 is 2.47 bits per heavy atom. The minimum Gasteiger partial charge on any atom is -0.381 e. The molecule has 3 rings (SSSR count). The number of hydrogen-bond donors (Lipinski definition) is 1. The summed E-state index contributed by atoms with van der Waals surface area (Å²) in [7, 11) is 0. The summed E-state index contributed by atoms with van der Waals surface area (Å²) in [5.41, 5.74) is 6.46. The number of hydrogen-bond acceptors (Lipinski definition) is 7. The van der Waals surface area contributed by atoms with E-state index in [0.29, 0.717) is 17.0 Å². The van der Waals surface area contributed by atoms with Crippen molar-refractivity contribution in [2.75, 3.05) is 23.7 Å². The van der Waals surface area contributed by atoms with Crippen molar-refractivity contribution < 1.29 is 0 Å². The number of fused-ring (bicyclic) bond motifs is 1. The van der Waals surface area contributed by atoms with Crippen molar-refractivity contribution in [3.05, 3.63) is 11.3 Å². The van der Waals surface area contributed by atoms with E-state index in [1.807, 2.05) is 11.0 Å². The predicted octanol–water partition coefficient (Wildman–Crippen LogP) is 0.0501. The van der Waals surface area contributed by atoms with Crippen LogP contribution in [0.25, 0.3) is 5.65 Å². The van der Waals surface area contributed by atoms with Gasteiger partial charge in [0, 0.05) is 13.1 Å². The first kappa shape index (κ1) is 11.2. The minimum atomic E-state index is 0.00691. The topological polar surface area (TPSA) is 120 Å². The van der Waals surface area contributed by atoms with Crippen LogP contribution in [0.4, 0.5) is 11.6 Å². The number of nitriles is 2. The molecule has 8 heteroatoms. The Labute approximate surface area is 108 Å². The van der Waals surface area contributed by atoms with Gasteiger partial charge in [-0.1, -0.05) is 0 Å². The summed E-state index contributed by atoms with van der Waals surface area (Å²) < 4.78 is 1.32. The van der Waals surface area contributed by atoms with Crippen molar-refractivity contribution in [3.8, 4) is 12.1 Å². The molecule has 0 saturated carbocycles. The van der Waals surface area contributed by atoms with Crippen LogP contribution in [0, 0.1) is 22.7 Å². The second-order valence-electron chi connectivity index (χ2n) is 4.29. The van der Waals surface area contributed by atoms with Gasteiger partial charge in [-0.2, -0.15) is 15.0 Å². The van der Waals surface area contributed by atoms with E-state index >= 15 is 0 Å². The van der Waals surface area contributed by atoms with E-state index in [0.717, 1.165) is 25.9 Å². The minimum absolute atomic E-state index is 0.00691. The summed E-state index contributed by atoms with van der Waals surface area (Å²) in [4.78, 5) is 2.03. The monoisotopic (exact) mass is 254 g/mol. The number of nitrogens with two attached hydrogens (primary N) is 1. The molecule has 3 heterocycles. The largest absolute Gasteiger partial charge is 0.381 e. The van der Waals surface area contributed by atoms with Crippen LogP contribution in [-0.2, 0) is 0 Å². The summed E-state index contributed by atoms with van der Waals surface area (Å²) in [6.45, 7) is 1.72. The van der Waals surface area contributed by atoms with Gasteiger partial charge in [-0.05, 0) is 12.8 Å². The zero-order valence-electron chi connectivity index (χ0n) is 10.0. The molecule has 8 nitrogen and oxygen atoms in total. The molecule has 2 N–H and O–H groups in total. The van der Waals surface area contributed by atoms with E-state index < -0.39 is 0 Å². The molecule has 0 bridgehead atoms. The van der Waals surface area contributed by atoms with Crippen LogP contribution in [0.5, 0.6) is 0 Å². The van der Waals surface area contributed by atoms with Gasteiger partial charge >= 0.3 is 0 Å². The van der Waals surface area contributed by atoms with E-state index in [9.17, 15) is 5.26 Å². The van der Waals surface area contributed by atoms with Crippen LogP contribution < -0.4 is 10.6 Å². The maximum Gasteiger partial charge on any atom is 0.205 e. The average Bonchev–Trinajstić information content (AvgIpc) is 3.06. The van der Waals surface area contributed by atoms with Gasteiger partial charge in [-0.3, -0.25) is 0 Å². The Morgan fingerprint density at radius 1 is 1.11 bits per heavy atom. The smallest absolute Gasteiger partial charge is 0.205 e. The zero-order valence-corrected chi connectivity index (χ0v) is 10.0. The second kappa shape index (κ2) is 4.10. The summed E-state index contributed by atoms with van der Waals surface area (Å²) in [6, 6.07) is 3.94. The van der Waals surface area contributed by atoms with Gasteiger partial charge in [0.1, 0.15) is 17.7 Å². The summed E-state index contributed by atoms with van der Waals surface area (Å²) in [5.74, 6) is 0.672. The molecule has 0 unspecified atom stereocenters. The first-order valence-corrected chi connectivity index (χ1v) is 5.86. The number of nitrogen functional groups attached to an aromatic ring is 1. The summed E-state index contributed by atoms with van der Waals surface area (Å²) in [6.07, 6.45) is 2.15. The number of aromatic nitrogens is 4. The Morgan fingerprint density at radius 2 is 1.84 bits per heavy atom. The van der Waals surface area contributed by atoms with Crippen molar-refractivity contribution >= 4 is 17.3 Å². The molecule has 1 aliphatic rings. The summed E-state index contributed by atoms with van der Waals surface area (Å²) >= 11 is 0. The Balaban J connectivity index is 2.27. The molecule has 1 saturated heterocycles. The van der Waals surface area contributed by atoms with Crippen molar-refractivity contribution in [1.29, 1.82) is 10.5 Å². The highest BCUT2D eigenvalue weighted by molar-refractivity contribution is 5.70. The van der Waals surface area contributed by atoms with Gasteiger partial charge in [-0.15, -0.1) is 15.3 Å². The number of rotatable bonds is 1. The highest BCUT2D eigenvalue weighted by atomic mass is 15.4. The first-order valence-electron chi connectivity index (χ1n) is 5.86. The highest BCUT2D eigenvalue weighted by Gasteiger charge is 2.24. The van der Waals surface area contributed by atoms with Crippen LogP contribution in [0.2, 0.25) is 0 Å². The van der Waals surface area contributed by atoms with Gasteiger partial charge in [0.2, 0.25) is 5.69 Å². The molecule has 0 radical (unpaired) electrons. The molecule has 0 spiro atoms. The molecule has 0 aliphatic carbocycles. The molecule has 1 aliphatic heterocycles. The highest BCUT2D eigenvalue weighted by Crippen LogP contribution is 2.26. The van der Waals surface area contributed by atoms with E-state index in [2.05, 4.69) is 21.4 Å². The molecule has 2 aromatic heterocycles. The lowest BCUT2D eigenvalue weighted by Gasteiger charge is -2.13. The lowest BCUT2D eigenvalue weighted by atomic mass is 10.3. The van der Waals surface area contributed by atoms with Crippen molar-refractivity contribution in [2.24, 2.45) is 0 Å². The standard InChI is InChI=1S/C11H10N8/c12-5-7-10-16-15-8(6-13)9(14)19(10)17-11(7)18-3-1-2-4-18/h1-4,14H2. The fourth-order valence-corrected chi connectivity index (χ4v) is 2.24. The maximum absolute atomic E-state index is 9.28. The third-order valence-corrected chi connectivity index (χ3v) is 3.18. The van der Waals surface area contributed by atoms with Crippen molar-refractivity contribution in [1.82, 2.24) is 19.8 Å². The zero-order chi connectivity index (χ0) is 13.4. The molecular formula is C11H10N8. The normalized spacial score (nSPS) is 14.5. The Kier molecular flexibility index (Phi) is 2.43. The van der Waals surface area contributed by atoms with Gasteiger partial charge in [0.15, 0.2) is 17.3 Å². The van der Waals surface area contributed by atoms with E-state index in [1.54, 1.807) is 0 Å². The van der Waals surface area contributed by atoms with E-state index in [-0.39, 0.29) is 11.5 Å². The second-order valence-corrected chi connectivity index (χ2v) is 4.29. The van der Waals surface area contributed by atoms with Crippen LogP contribution in [0.15, 0.2) is 0 Å². The van der Waals surface area contributed by atoms with Gasteiger partial charge in [0.25, 0.3) is 0 Å². The fraction of sp³-hybridized carbons (Fsp3) is 0.364. The number of nitrogens with zero attached hydrogens (tertiary/aromatic N) is 7. The van der Waals surface area contributed by atoms with Gasteiger partial charge < -0.3 is 10.6 Å². The Hall–Kier alpha value is -2.87. The van der Waals surface area contributed by atoms with Crippen LogP contribution in [-0.4, -0.2) is 32.9 Å². The van der Waals surface area contributed by atoms with E-state index in [4.69, 9.17) is 11.0 Å². The van der Waals surface area contributed by atoms with Gasteiger partial charge in [-0.25, -0.2) is 0 Å². The molecular weight excluding hydrogens is 244 g/mol. The van der Waals surface area contributed by atoms with Crippen molar-refractivity contribution in [3.63, 3.8) is 0 Å². The SMILES string of the molecule is N#Cc1nnc2c(C#N)c(N3CCCC3)nn2c1N. The fourth-order valence-electron chi connectivity index (χ4n) is 2.24. The number of anilines is 2. The molecule has 2 aromatic rings. The van der Waals surface area contributed by atoms with E-state index in [1.165, 1.54) is 4.52 Å². The molecule has 19 heavy (non-hydrogen) atoms. The first-order chi connectivity index (χ1) is 9.26. The molecule has 0 aromatic carbocycles. The molecule has 0 atom stereocenters. The van der Waals surface area contributed by atoms with Crippen LogP contribution >= 0.6 is 0 Å². The quantitative estimate of drug-likeness (QED) is 0.763. The lowest BCUT2D eigenvalue weighted by Crippen LogP contribution is -2.19. The molecule has 1 fully saturated rings. The van der Waals surface area contributed by atoms with Crippen LogP contribution in [0.3, 0.4) is 0 Å². The summed E-state index contributed by atoms with van der Waals surface area (Å²) in [5, 5.41) is 30.0. The van der Waals surface area contributed by atoms with Crippen LogP contribution in [0.1, 0.15) is 24.1 Å². The van der Waals surface area contributed by atoms with Gasteiger partial charge in [0.05, 0.1) is 0 Å². The molecule has 0 amide bonds. The average molecular weight is 254 g/mol. The third kappa shape index (κ3) is 1.54. The van der Waals surface area contributed by atoms with Crippen molar-refractivity contribution in [2.45, 2.75) is 12.8 Å². The predicted molar refractivity (Wildman–Crippen MR) is 66.1 cm³/mol. The Bertz CT molecular complexity index is 726. The lowest BCUT2D eigenvalue weighted by molar-refractivity contribution is 0.861.